The van der Waals surface area contributed by atoms with Crippen LogP contribution in [-0.4, -0.2) is 16.5 Å². The average molecular weight is 827 g/mol. The smallest absolute Gasteiger partial charge is 0.0723 e. The summed E-state index contributed by atoms with van der Waals surface area (Å²) >= 11 is 1.85. The van der Waals surface area contributed by atoms with Crippen molar-refractivity contribution in [3.63, 3.8) is 0 Å². The minimum absolute atomic E-state index is 0.557. The molecule has 3 aliphatic rings. The van der Waals surface area contributed by atoms with Crippen molar-refractivity contribution in [2.75, 3.05) is 4.90 Å². The molecule has 0 unspecified atom stereocenters. The zero-order valence-electron chi connectivity index (χ0n) is 34.6. The first-order valence-corrected chi connectivity index (χ1v) is 22.6. The standard InChI is InChI=1S/C58H42N4S/c59-58(47-24-13-17-39-15-4-6-21-45(39)47)48-23-8-9-25-50(48)60-37-38-14-12-20-44(34-38)62-53-33-29-40-16-5-7-22-46(40)57(53)49-31-28-41(35-54(49)62)42-30-32-52-56(36-42)63-55-27-11-10-26-51(55)61(52)43-18-2-1-3-19-43/h1-11,14-19,21-23,25-37,59H,12-13,20,24H2. The normalized spacial score (nSPS) is 14.6. The van der Waals surface area contributed by atoms with Gasteiger partial charge < -0.3 is 9.47 Å². The van der Waals surface area contributed by atoms with Crippen LogP contribution in [0.4, 0.5) is 22.7 Å². The van der Waals surface area contributed by atoms with Crippen molar-refractivity contribution in [2.45, 2.75) is 35.5 Å². The summed E-state index contributed by atoms with van der Waals surface area (Å²) in [4.78, 5) is 9.97. The predicted octanol–water partition coefficient (Wildman–Crippen LogP) is 14.3. The highest BCUT2D eigenvalue weighted by atomic mass is 32.2. The molecule has 5 heteroatoms. The number of para-hydroxylation sites is 3. The van der Waals surface area contributed by atoms with Gasteiger partial charge in [-0.25, -0.2) is 0 Å². The summed E-state index contributed by atoms with van der Waals surface area (Å²) in [6.07, 6.45) is 12.5. The van der Waals surface area contributed by atoms with Crippen molar-refractivity contribution < 1.29 is 0 Å². The number of hydrogen-bond acceptors (Lipinski definition) is 4. The van der Waals surface area contributed by atoms with Crippen LogP contribution in [0.3, 0.4) is 0 Å². The van der Waals surface area contributed by atoms with Crippen molar-refractivity contribution in [1.29, 1.82) is 5.41 Å². The van der Waals surface area contributed by atoms with E-state index in [9.17, 15) is 5.41 Å². The molecule has 4 nitrogen and oxygen atoms in total. The molecule has 2 aliphatic carbocycles. The molecule has 300 valence electrons. The number of aromatic nitrogens is 1. The van der Waals surface area contributed by atoms with Gasteiger partial charge in [-0.05, 0) is 130 Å². The molecule has 8 aromatic carbocycles. The SMILES string of the molecule is N=C(C1=c2ccccc2=CCC1)c1ccccc1N=CC1=CCCC(n2c3cc(-c4ccc5c(c4)Sc4ccccc4N5c4ccccc4)ccc3c3c4ccccc4ccc32)=C1. The van der Waals surface area contributed by atoms with Gasteiger partial charge in [-0.15, -0.1) is 0 Å². The Labute approximate surface area is 370 Å². The van der Waals surface area contributed by atoms with Crippen molar-refractivity contribution in [3.8, 4) is 11.1 Å². The second-order valence-corrected chi connectivity index (χ2v) is 17.6. The van der Waals surface area contributed by atoms with Gasteiger partial charge in [0, 0.05) is 43.7 Å². The van der Waals surface area contributed by atoms with Gasteiger partial charge in [-0.2, -0.15) is 0 Å². The average Bonchev–Trinajstić information content (AvgIpc) is 3.69. The number of nitrogens with one attached hydrogen (secondary N) is 1. The van der Waals surface area contributed by atoms with Crippen LogP contribution in [0.2, 0.25) is 0 Å². The fraction of sp³-hybridized carbons (Fsp3) is 0.0690. The monoisotopic (exact) mass is 826 g/mol. The summed E-state index contributed by atoms with van der Waals surface area (Å²) in [7, 11) is 0. The third-order valence-corrected chi connectivity index (χ3v) is 13.9. The Bertz CT molecular complexity index is 3570. The van der Waals surface area contributed by atoms with Crippen LogP contribution in [0.15, 0.2) is 208 Å². The van der Waals surface area contributed by atoms with E-state index in [1.807, 2.05) is 42.2 Å². The summed E-state index contributed by atoms with van der Waals surface area (Å²) < 4.78 is 2.50. The highest BCUT2D eigenvalue weighted by Gasteiger charge is 2.26. The molecule has 0 fully saturated rings. The van der Waals surface area contributed by atoms with Gasteiger partial charge in [-0.1, -0.05) is 145 Å². The minimum Gasteiger partial charge on any atom is -0.313 e. The fourth-order valence-corrected chi connectivity index (χ4v) is 11.0. The summed E-state index contributed by atoms with van der Waals surface area (Å²) in [5, 5.41) is 16.8. The lowest BCUT2D eigenvalue weighted by Gasteiger charge is -2.33. The van der Waals surface area contributed by atoms with Crippen LogP contribution >= 0.6 is 11.8 Å². The molecular weight excluding hydrogens is 785 g/mol. The number of fused-ring (bicyclic) bond motifs is 8. The van der Waals surface area contributed by atoms with Crippen molar-refractivity contribution in [3.05, 3.63) is 210 Å². The molecule has 1 N–H and O–H groups in total. The molecule has 0 bridgehead atoms. The van der Waals surface area contributed by atoms with E-state index < -0.39 is 0 Å². The third kappa shape index (κ3) is 6.47. The van der Waals surface area contributed by atoms with Gasteiger partial charge in [0.25, 0.3) is 0 Å². The lowest BCUT2D eigenvalue weighted by Crippen LogP contribution is -2.31. The number of anilines is 3. The summed E-state index contributed by atoms with van der Waals surface area (Å²) in [6, 6.07) is 63.2. The summed E-state index contributed by atoms with van der Waals surface area (Å²) in [5.41, 5.74) is 14.0. The third-order valence-electron chi connectivity index (χ3n) is 12.8. The number of allylic oxidation sites excluding steroid dienone is 4. The number of hydrogen-bond donors (Lipinski definition) is 1. The Balaban J connectivity index is 0.952. The van der Waals surface area contributed by atoms with Crippen molar-refractivity contribution in [2.24, 2.45) is 4.99 Å². The number of rotatable bonds is 7. The molecule has 1 aromatic heterocycles. The van der Waals surface area contributed by atoms with Crippen LogP contribution in [0, 0.1) is 5.41 Å². The van der Waals surface area contributed by atoms with E-state index in [-0.39, 0.29) is 0 Å². The zero-order valence-corrected chi connectivity index (χ0v) is 35.4. The lowest BCUT2D eigenvalue weighted by atomic mass is 9.91. The van der Waals surface area contributed by atoms with Crippen LogP contribution in [0.5, 0.6) is 0 Å². The van der Waals surface area contributed by atoms with E-state index >= 15 is 0 Å². The van der Waals surface area contributed by atoms with E-state index in [0.717, 1.165) is 59.0 Å². The molecule has 0 spiro atoms. The molecule has 12 rings (SSSR count). The molecular formula is C58H42N4S. The fourth-order valence-electron chi connectivity index (χ4n) is 9.87. The molecule has 1 aliphatic heterocycles. The maximum absolute atomic E-state index is 9.40. The number of benzene rings is 8. The van der Waals surface area contributed by atoms with Crippen LogP contribution in [0.25, 0.3) is 61.1 Å². The quantitative estimate of drug-likeness (QED) is 0.163. The molecule has 63 heavy (non-hydrogen) atoms. The van der Waals surface area contributed by atoms with E-state index in [0.29, 0.717) is 5.71 Å². The Morgan fingerprint density at radius 2 is 1.37 bits per heavy atom. The first-order chi connectivity index (χ1) is 31.2. The zero-order chi connectivity index (χ0) is 41.9. The van der Waals surface area contributed by atoms with E-state index in [2.05, 4.69) is 179 Å². The van der Waals surface area contributed by atoms with Crippen LogP contribution in [-0.2, 0) is 0 Å². The van der Waals surface area contributed by atoms with Gasteiger partial charge in [0.1, 0.15) is 0 Å². The molecule has 0 amide bonds. The highest BCUT2D eigenvalue weighted by Crippen LogP contribution is 2.52. The Morgan fingerprint density at radius 3 is 2.32 bits per heavy atom. The first-order valence-electron chi connectivity index (χ1n) is 21.8. The largest absolute Gasteiger partial charge is 0.313 e. The molecule has 0 atom stereocenters. The van der Waals surface area contributed by atoms with Crippen molar-refractivity contribution >= 4 is 96.4 Å². The van der Waals surface area contributed by atoms with Gasteiger partial charge in [0.05, 0.1) is 33.8 Å². The number of nitrogens with zero attached hydrogens (tertiary/aromatic N) is 3. The second kappa shape index (κ2) is 15.5. The van der Waals surface area contributed by atoms with Crippen LogP contribution < -0.4 is 15.3 Å². The first kappa shape index (κ1) is 37.3. The summed E-state index contributed by atoms with van der Waals surface area (Å²) in [6.45, 7) is 0. The van der Waals surface area contributed by atoms with Gasteiger partial charge >= 0.3 is 0 Å². The van der Waals surface area contributed by atoms with E-state index in [4.69, 9.17) is 4.99 Å². The summed E-state index contributed by atoms with van der Waals surface area (Å²) in [5.74, 6) is 0. The van der Waals surface area contributed by atoms with Crippen molar-refractivity contribution in [1.82, 2.24) is 4.57 Å². The number of aliphatic imine (C=N–C) groups is 1. The molecule has 0 saturated heterocycles. The molecule has 2 heterocycles. The molecule has 0 radical (unpaired) electrons. The lowest BCUT2D eigenvalue weighted by molar-refractivity contribution is 0.974. The predicted molar refractivity (Wildman–Crippen MR) is 267 cm³/mol. The van der Waals surface area contributed by atoms with Crippen LogP contribution in [0.1, 0.15) is 31.2 Å². The minimum atomic E-state index is 0.557. The maximum Gasteiger partial charge on any atom is 0.0723 e. The maximum atomic E-state index is 9.40. The van der Waals surface area contributed by atoms with Gasteiger partial charge in [0.2, 0.25) is 0 Å². The van der Waals surface area contributed by atoms with E-state index in [1.54, 1.807) is 0 Å². The molecule has 0 saturated carbocycles. The Kier molecular flexibility index (Phi) is 9.16. The van der Waals surface area contributed by atoms with Gasteiger partial charge in [-0.3, -0.25) is 10.4 Å². The topological polar surface area (TPSA) is 44.4 Å². The Hall–Kier alpha value is -7.47. The highest BCUT2D eigenvalue weighted by molar-refractivity contribution is 7.99. The van der Waals surface area contributed by atoms with E-state index in [1.165, 1.54) is 75.8 Å². The second-order valence-electron chi connectivity index (χ2n) is 16.5. The Morgan fingerprint density at radius 1 is 0.603 bits per heavy atom. The molecule has 9 aromatic rings. The van der Waals surface area contributed by atoms with Gasteiger partial charge in [0.15, 0.2) is 0 Å².